The van der Waals surface area contributed by atoms with Crippen molar-refractivity contribution in [3.8, 4) is 11.6 Å². The number of hydrogen-bond acceptors (Lipinski definition) is 5. The topological polar surface area (TPSA) is 82.8 Å². The van der Waals surface area contributed by atoms with Gasteiger partial charge in [-0.2, -0.15) is 5.10 Å². The molecule has 2 aromatic heterocycles. The molecule has 2 heterocycles. The number of aryl methyl sites for hydroxylation is 2. The van der Waals surface area contributed by atoms with E-state index in [-0.39, 0.29) is 5.41 Å². The maximum absolute atomic E-state index is 5.94. The Kier molecular flexibility index (Phi) is 2.45. The van der Waals surface area contributed by atoms with Gasteiger partial charge in [0.15, 0.2) is 0 Å². The van der Waals surface area contributed by atoms with E-state index in [0.29, 0.717) is 23.2 Å². The van der Waals surface area contributed by atoms with E-state index in [9.17, 15) is 0 Å². The maximum atomic E-state index is 5.94. The average molecular weight is 235 g/mol. The third kappa shape index (κ3) is 1.90. The Morgan fingerprint density at radius 2 is 1.88 bits per heavy atom. The molecule has 6 nitrogen and oxygen atoms in total. The highest BCUT2D eigenvalue weighted by atomic mass is 16.4. The summed E-state index contributed by atoms with van der Waals surface area (Å²) < 4.78 is 7.30. The van der Waals surface area contributed by atoms with Gasteiger partial charge >= 0.3 is 0 Å². The summed E-state index contributed by atoms with van der Waals surface area (Å²) in [5.41, 5.74) is 7.78. The van der Waals surface area contributed by atoms with Gasteiger partial charge in [0.25, 0.3) is 5.89 Å². The van der Waals surface area contributed by atoms with Crippen LogP contribution >= 0.6 is 0 Å². The van der Waals surface area contributed by atoms with Crippen LogP contribution in [0.5, 0.6) is 0 Å². The molecule has 0 aromatic carbocycles. The summed E-state index contributed by atoms with van der Waals surface area (Å²) in [6, 6.07) is 0. The van der Waals surface area contributed by atoms with E-state index >= 15 is 0 Å². The number of hydrogen-bond donors (Lipinski definition) is 1. The van der Waals surface area contributed by atoms with Gasteiger partial charge in [0.2, 0.25) is 5.89 Å². The molecule has 17 heavy (non-hydrogen) atoms. The highest BCUT2D eigenvalue weighted by molar-refractivity contribution is 5.68. The summed E-state index contributed by atoms with van der Waals surface area (Å²) in [4.78, 5) is 0. The smallest absolute Gasteiger partial charge is 0.268 e. The first-order valence-corrected chi connectivity index (χ1v) is 5.44. The van der Waals surface area contributed by atoms with E-state index in [1.54, 1.807) is 11.7 Å². The largest absolute Gasteiger partial charge is 0.419 e. The molecule has 0 atom stereocenters. The molecule has 0 unspecified atom stereocenters. The van der Waals surface area contributed by atoms with Crippen LogP contribution in [0.4, 0.5) is 5.69 Å². The van der Waals surface area contributed by atoms with Crippen LogP contribution in [0.15, 0.2) is 4.42 Å². The zero-order valence-electron chi connectivity index (χ0n) is 10.8. The molecule has 0 spiro atoms. The second kappa shape index (κ2) is 3.58. The molecule has 2 aromatic rings. The lowest BCUT2D eigenvalue weighted by atomic mass is 9.97. The number of rotatable bonds is 1. The van der Waals surface area contributed by atoms with Crippen molar-refractivity contribution in [2.75, 3.05) is 5.73 Å². The Hall–Kier alpha value is -1.85. The predicted molar refractivity (Wildman–Crippen MR) is 64.3 cm³/mol. The van der Waals surface area contributed by atoms with Gasteiger partial charge < -0.3 is 10.2 Å². The molecule has 0 aliphatic rings. The van der Waals surface area contributed by atoms with Gasteiger partial charge in [0, 0.05) is 12.5 Å². The molecule has 0 radical (unpaired) electrons. The van der Waals surface area contributed by atoms with E-state index in [4.69, 9.17) is 10.2 Å². The molecular weight excluding hydrogens is 218 g/mol. The monoisotopic (exact) mass is 235 g/mol. The first-order valence-electron chi connectivity index (χ1n) is 5.44. The molecule has 0 bridgehead atoms. The lowest BCUT2D eigenvalue weighted by Gasteiger charge is -2.10. The van der Waals surface area contributed by atoms with Gasteiger partial charge in [-0.15, -0.1) is 10.2 Å². The number of aromatic nitrogens is 4. The molecule has 0 aliphatic carbocycles. The fourth-order valence-electron chi connectivity index (χ4n) is 1.55. The summed E-state index contributed by atoms with van der Waals surface area (Å²) in [6.07, 6.45) is 0. The molecule has 0 fully saturated rings. The minimum Gasteiger partial charge on any atom is -0.419 e. The highest BCUT2D eigenvalue weighted by Gasteiger charge is 2.24. The first kappa shape index (κ1) is 11.6. The normalized spacial score (nSPS) is 12.1. The quantitative estimate of drug-likeness (QED) is 0.812. The highest BCUT2D eigenvalue weighted by Crippen LogP contribution is 2.29. The van der Waals surface area contributed by atoms with E-state index in [2.05, 4.69) is 15.3 Å². The van der Waals surface area contributed by atoms with Crippen LogP contribution in [0.1, 0.15) is 32.4 Å². The first-order chi connectivity index (χ1) is 7.80. The fourth-order valence-corrected chi connectivity index (χ4v) is 1.55. The average Bonchev–Trinajstić information content (AvgIpc) is 2.73. The molecule has 0 aliphatic heterocycles. The van der Waals surface area contributed by atoms with E-state index in [1.807, 2.05) is 27.7 Å². The van der Waals surface area contributed by atoms with Crippen LogP contribution < -0.4 is 5.73 Å². The minimum absolute atomic E-state index is 0.173. The molecule has 0 saturated carbocycles. The van der Waals surface area contributed by atoms with Crippen molar-refractivity contribution in [3.63, 3.8) is 0 Å². The van der Waals surface area contributed by atoms with Crippen molar-refractivity contribution >= 4 is 5.69 Å². The molecule has 0 saturated heterocycles. The van der Waals surface area contributed by atoms with Crippen molar-refractivity contribution in [2.45, 2.75) is 33.1 Å². The number of nitrogen functional groups attached to an aromatic ring is 1. The Morgan fingerprint density at radius 1 is 1.24 bits per heavy atom. The van der Waals surface area contributed by atoms with Crippen molar-refractivity contribution in [1.82, 2.24) is 20.0 Å². The van der Waals surface area contributed by atoms with Crippen LogP contribution in [-0.4, -0.2) is 20.0 Å². The lowest BCUT2D eigenvalue weighted by molar-refractivity contribution is 0.397. The van der Waals surface area contributed by atoms with E-state index in [1.165, 1.54) is 0 Å². The molecule has 0 amide bonds. The predicted octanol–water partition coefficient (Wildman–Crippen LogP) is 1.66. The maximum Gasteiger partial charge on any atom is 0.268 e. The van der Waals surface area contributed by atoms with Gasteiger partial charge in [-0.25, -0.2) is 0 Å². The van der Waals surface area contributed by atoms with Crippen molar-refractivity contribution in [1.29, 1.82) is 0 Å². The SMILES string of the molecule is Cc1nn(C)c(-c2nnc(C(C)(C)C)o2)c1N. The van der Waals surface area contributed by atoms with Crippen LogP contribution in [-0.2, 0) is 12.5 Å². The Balaban J connectivity index is 2.51. The van der Waals surface area contributed by atoms with E-state index in [0.717, 1.165) is 5.69 Å². The van der Waals surface area contributed by atoms with Crippen LogP contribution in [0.25, 0.3) is 11.6 Å². The van der Waals surface area contributed by atoms with Crippen molar-refractivity contribution in [3.05, 3.63) is 11.6 Å². The Bertz CT molecular complexity index is 547. The summed E-state index contributed by atoms with van der Waals surface area (Å²) in [5.74, 6) is 1.00. The zero-order valence-corrected chi connectivity index (χ0v) is 10.8. The van der Waals surface area contributed by atoms with Gasteiger partial charge in [0.05, 0.1) is 11.4 Å². The van der Waals surface area contributed by atoms with Crippen molar-refractivity contribution < 1.29 is 4.42 Å². The third-order valence-corrected chi connectivity index (χ3v) is 2.54. The molecule has 2 N–H and O–H groups in total. The molecular formula is C11H17N5O. The number of nitrogens with zero attached hydrogens (tertiary/aromatic N) is 4. The van der Waals surface area contributed by atoms with Crippen LogP contribution in [0.2, 0.25) is 0 Å². The molecule has 2 rings (SSSR count). The minimum atomic E-state index is -0.173. The standard InChI is InChI=1S/C11H17N5O/c1-6-7(12)8(16(5)15-6)9-13-14-10(17-9)11(2,3)4/h12H2,1-5H3. The zero-order chi connectivity index (χ0) is 12.8. The van der Waals surface area contributed by atoms with Crippen LogP contribution in [0, 0.1) is 6.92 Å². The van der Waals surface area contributed by atoms with Crippen LogP contribution in [0.3, 0.4) is 0 Å². The van der Waals surface area contributed by atoms with Gasteiger partial charge in [-0.05, 0) is 6.92 Å². The Morgan fingerprint density at radius 3 is 2.29 bits per heavy atom. The summed E-state index contributed by atoms with van der Waals surface area (Å²) >= 11 is 0. The second-order valence-corrected chi connectivity index (χ2v) is 5.13. The Labute approximate surface area is 99.8 Å². The fraction of sp³-hybridized carbons (Fsp3) is 0.545. The van der Waals surface area contributed by atoms with E-state index < -0.39 is 0 Å². The van der Waals surface area contributed by atoms with Gasteiger partial charge in [-0.3, -0.25) is 4.68 Å². The summed E-state index contributed by atoms with van der Waals surface area (Å²) in [7, 11) is 1.81. The van der Waals surface area contributed by atoms with Crippen molar-refractivity contribution in [2.24, 2.45) is 7.05 Å². The van der Waals surface area contributed by atoms with Gasteiger partial charge in [-0.1, -0.05) is 20.8 Å². The number of nitrogens with two attached hydrogens (primary N) is 1. The summed E-state index contributed by atoms with van der Waals surface area (Å²) in [6.45, 7) is 7.90. The third-order valence-electron chi connectivity index (χ3n) is 2.54. The lowest BCUT2D eigenvalue weighted by Crippen LogP contribution is -2.11. The van der Waals surface area contributed by atoms with Gasteiger partial charge in [0.1, 0.15) is 5.69 Å². The second-order valence-electron chi connectivity index (χ2n) is 5.13. The molecule has 6 heteroatoms. The number of anilines is 1. The molecule has 92 valence electrons. The summed E-state index contributed by atoms with van der Waals surface area (Å²) in [5, 5.41) is 12.3.